The average Bonchev–Trinajstić information content (AvgIpc) is 2.39. The maximum absolute atomic E-state index is 10.5. The molecule has 106 valence electrons. The topological polar surface area (TPSA) is 71.6 Å². The van der Waals surface area contributed by atoms with Crippen molar-refractivity contribution < 1.29 is 9.84 Å². The van der Waals surface area contributed by atoms with Crippen molar-refractivity contribution >= 4 is 5.69 Å². The summed E-state index contributed by atoms with van der Waals surface area (Å²) in [4.78, 5) is 6.37. The molecule has 0 spiro atoms. The molecule has 0 saturated carbocycles. The van der Waals surface area contributed by atoms with Gasteiger partial charge in [-0.2, -0.15) is 0 Å². The molecule has 1 aliphatic rings. The van der Waals surface area contributed by atoms with Gasteiger partial charge in [0, 0.05) is 45.7 Å². The fraction of sp³-hybridized carbons (Fsp3) is 0.643. The lowest BCUT2D eigenvalue weighted by Crippen LogP contribution is -2.45. The molecule has 3 N–H and O–H groups in total. The number of likely N-dealkylation sites (N-methyl/N-ethyl adjacent to an activating group) is 1. The van der Waals surface area contributed by atoms with Gasteiger partial charge in [-0.3, -0.25) is 4.98 Å². The highest BCUT2D eigenvalue weighted by Crippen LogP contribution is 2.24. The van der Waals surface area contributed by atoms with E-state index in [-0.39, 0.29) is 6.04 Å². The number of nitrogens with two attached hydrogens (primary N) is 1. The van der Waals surface area contributed by atoms with Crippen LogP contribution in [0.15, 0.2) is 18.3 Å². The summed E-state index contributed by atoms with van der Waals surface area (Å²) in [6.45, 7) is 3.77. The molecule has 0 radical (unpaired) electrons. The van der Waals surface area contributed by atoms with Crippen LogP contribution in [0.2, 0.25) is 0 Å². The van der Waals surface area contributed by atoms with Crippen LogP contribution in [-0.4, -0.2) is 42.5 Å². The first-order chi connectivity index (χ1) is 9.00. The smallest absolute Gasteiger partial charge is 0.0865 e. The third-order valence-electron chi connectivity index (χ3n) is 3.63. The molecule has 1 aromatic rings. The van der Waals surface area contributed by atoms with Crippen LogP contribution < -0.4 is 10.6 Å². The van der Waals surface area contributed by atoms with Gasteiger partial charge in [-0.25, -0.2) is 0 Å². The van der Waals surface area contributed by atoms with Gasteiger partial charge in [-0.1, -0.05) is 0 Å². The molecule has 19 heavy (non-hydrogen) atoms. The third kappa shape index (κ3) is 3.65. The summed E-state index contributed by atoms with van der Waals surface area (Å²) in [7, 11) is 1.97. The lowest BCUT2D eigenvalue weighted by atomic mass is 9.94. The lowest BCUT2D eigenvalue weighted by Gasteiger charge is -2.36. The van der Waals surface area contributed by atoms with Crippen molar-refractivity contribution in [3.63, 3.8) is 0 Å². The first-order valence-corrected chi connectivity index (χ1v) is 6.73. The Morgan fingerprint density at radius 3 is 2.68 bits per heavy atom. The van der Waals surface area contributed by atoms with Gasteiger partial charge >= 0.3 is 0 Å². The van der Waals surface area contributed by atoms with Gasteiger partial charge in [0.25, 0.3) is 0 Å². The number of nitrogens with zero attached hydrogens (tertiary/aromatic N) is 2. The van der Waals surface area contributed by atoms with Gasteiger partial charge in [0.05, 0.1) is 23.2 Å². The highest BCUT2D eigenvalue weighted by molar-refractivity contribution is 5.44. The van der Waals surface area contributed by atoms with Crippen LogP contribution in [0.3, 0.4) is 0 Å². The van der Waals surface area contributed by atoms with Crippen molar-refractivity contribution in [1.82, 2.24) is 4.98 Å². The van der Waals surface area contributed by atoms with E-state index >= 15 is 0 Å². The molecule has 5 heteroatoms. The van der Waals surface area contributed by atoms with Crippen LogP contribution in [0.4, 0.5) is 5.69 Å². The Kier molecular flexibility index (Phi) is 4.39. The lowest BCUT2D eigenvalue weighted by molar-refractivity contribution is -0.0572. The number of hydrogen-bond donors (Lipinski definition) is 2. The number of hydrogen-bond acceptors (Lipinski definition) is 5. The Morgan fingerprint density at radius 2 is 2.16 bits per heavy atom. The van der Waals surface area contributed by atoms with E-state index in [1.165, 1.54) is 0 Å². The van der Waals surface area contributed by atoms with Gasteiger partial charge in [0.1, 0.15) is 0 Å². The van der Waals surface area contributed by atoms with Crippen LogP contribution in [-0.2, 0) is 4.74 Å². The van der Waals surface area contributed by atoms with Crippen LogP contribution in [0.5, 0.6) is 0 Å². The van der Waals surface area contributed by atoms with Crippen LogP contribution in [0.25, 0.3) is 0 Å². The van der Waals surface area contributed by atoms with Crippen molar-refractivity contribution in [3.05, 3.63) is 24.0 Å². The average molecular weight is 265 g/mol. The van der Waals surface area contributed by atoms with E-state index in [1.54, 1.807) is 6.20 Å². The zero-order valence-electron chi connectivity index (χ0n) is 11.7. The molecule has 0 amide bonds. The fourth-order valence-electron chi connectivity index (χ4n) is 2.33. The molecule has 1 aromatic heterocycles. The Hall–Kier alpha value is -1.17. The van der Waals surface area contributed by atoms with Crippen molar-refractivity contribution in [2.24, 2.45) is 5.73 Å². The van der Waals surface area contributed by atoms with E-state index in [9.17, 15) is 5.11 Å². The number of ether oxygens (including phenoxy) is 1. The van der Waals surface area contributed by atoms with Gasteiger partial charge in [0.2, 0.25) is 0 Å². The molecule has 2 heterocycles. The summed E-state index contributed by atoms with van der Waals surface area (Å²) in [5.41, 5.74) is 6.99. The molecule has 2 rings (SSSR count). The second-order valence-electron chi connectivity index (χ2n) is 5.42. The predicted molar refractivity (Wildman–Crippen MR) is 75.1 cm³/mol. The number of rotatable bonds is 4. The van der Waals surface area contributed by atoms with E-state index < -0.39 is 5.60 Å². The van der Waals surface area contributed by atoms with Gasteiger partial charge in [-0.05, 0) is 19.1 Å². The zero-order chi connectivity index (χ0) is 13.9. The maximum atomic E-state index is 10.5. The van der Waals surface area contributed by atoms with E-state index in [2.05, 4.69) is 4.98 Å². The van der Waals surface area contributed by atoms with Crippen LogP contribution in [0, 0.1) is 0 Å². The van der Waals surface area contributed by atoms with E-state index in [0.29, 0.717) is 32.6 Å². The number of anilines is 1. The summed E-state index contributed by atoms with van der Waals surface area (Å²) in [6.07, 6.45) is 3.17. The first kappa shape index (κ1) is 14.2. The van der Waals surface area contributed by atoms with Crippen molar-refractivity contribution in [3.8, 4) is 0 Å². The molecule has 0 aromatic carbocycles. The van der Waals surface area contributed by atoms with E-state index in [4.69, 9.17) is 10.5 Å². The SMILES string of the molecule is CC(N)c1ccc(N(C)CC2(O)CCOCC2)cn1. The van der Waals surface area contributed by atoms with Gasteiger partial charge < -0.3 is 20.5 Å². The number of aliphatic hydroxyl groups is 1. The molecule has 5 nitrogen and oxygen atoms in total. The minimum Gasteiger partial charge on any atom is -0.388 e. The fourth-order valence-corrected chi connectivity index (χ4v) is 2.33. The minimum atomic E-state index is -0.660. The molecule has 1 fully saturated rings. The predicted octanol–water partition coefficient (Wildman–Crippen LogP) is 1.08. The molecule has 0 aliphatic carbocycles. The molecule has 1 atom stereocenters. The zero-order valence-corrected chi connectivity index (χ0v) is 11.7. The third-order valence-corrected chi connectivity index (χ3v) is 3.63. The maximum Gasteiger partial charge on any atom is 0.0865 e. The van der Waals surface area contributed by atoms with Gasteiger partial charge in [-0.15, -0.1) is 0 Å². The number of pyridine rings is 1. The summed E-state index contributed by atoms with van der Waals surface area (Å²) in [5.74, 6) is 0. The van der Waals surface area contributed by atoms with Crippen molar-refractivity contribution in [2.45, 2.75) is 31.4 Å². The Balaban J connectivity index is 2.00. The van der Waals surface area contributed by atoms with E-state index in [0.717, 1.165) is 11.4 Å². The normalized spacial score (nSPS) is 20.0. The summed E-state index contributed by atoms with van der Waals surface area (Å²) < 4.78 is 5.29. The van der Waals surface area contributed by atoms with Crippen LogP contribution >= 0.6 is 0 Å². The molecule has 0 bridgehead atoms. The quantitative estimate of drug-likeness (QED) is 0.852. The van der Waals surface area contributed by atoms with Crippen molar-refractivity contribution in [2.75, 3.05) is 31.7 Å². The first-order valence-electron chi connectivity index (χ1n) is 6.73. The highest BCUT2D eigenvalue weighted by atomic mass is 16.5. The Morgan fingerprint density at radius 1 is 1.47 bits per heavy atom. The van der Waals surface area contributed by atoms with E-state index in [1.807, 2.05) is 31.0 Å². The second-order valence-corrected chi connectivity index (χ2v) is 5.42. The van der Waals surface area contributed by atoms with Crippen molar-refractivity contribution in [1.29, 1.82) is 0 Å². The summed E-state index contributed by atoms with van der Waals surface area (Å²) in [5, 5.41) is 10.5. The van der Waals surface area contributed by atoms with Gasteiger partial charge in [0.15, 0.2) is 0 Å². The Bertz CT molecular complexity index is 400. The van der Waals surface area contributed by atoms with Crippen LogP contribution in [0.1, 0.15) is 31.5 Å². The highest BCUT2D eigenvalue weighted by Gasteiger charge is 2.31. The molecule has 1 saturated heterocycles. The standard InChI is InChI=1S/C14H23N3O2/c1-11(15)13-4-3-12(9-16-13)17(2)10-14(18)5-7-19-8-6-14/h3-4,9,11,18H,5-8,10,15H2,1-2H3. The Labute approximate surface area is 114 Å². The second kappa shape index (κ2) is 5.86. The molecular weight excluding hydrogens is 242 g/mol. The molecule has 1 unspecified atom stereocenters. The monoisotopic (exact) mass is 265 g/mol. The summed E-state index contributed by atoms with van der Waals surface area (Å²) >= 11 is 0. The largest absolute Gasteiger partial charge is 0.388 e. The molecular formula is C14H23N3O2. The molecule has 1 aliphatic heterocycles. The summed E-state index contributed by atoms with van der Waals surface area (Å²) in [6, 6.07) is 3.87. The number of aromatic nitrogens is 1. The minimum absolute atomic E-state index is 0.0565.